The van der Waals surface area contributed by atoms with Crippen LogP contribution in [-0.4, -0.2) is 11.0 Å². The highest BCUT2D eigenvalue weighted by Crippen LogP contribution is 2.38. The van der Waals surface area contributed by atoms with E-state index in [1.165, 1.54) is 28.4 Å². The first kappa shape index (κ1) is 13.0. The minimum atomic E-state index is 0.234. The molecule has 1 aromatic rings. The van der Waals surface area contributed by atoms with Gasteiger partial charge in [0.2, 0.25) is 0 Å². The van der Waals surface area contributed by atoms with E-state index in [0.29, 0.717) is 6.04 Å². The van der Waals surface area contributed by atoms with Gasteiger partial charge >= 0.3 is 0 Å². The lowest BCUT2D eigenvalue weighted by atomic mass is 9.87. The molecule has 1 N–H and O–H groups in total. The molecule has 1 unspecified atom stereocenters. The summed E-state index contributed by atoms with van der Waals surface area (Å²) in [6, 6.07) is 1.13. The summed E-state index contributed by atoms with van der Waals surface area (Å²) in [4.78, 5) is 6.22. The Kier molecular flexibility index (Phi) is 3.60. The first-order valence-electron chi connectivity index (χ1n) is 6.64. The van der Waals surface area contributed by atoms with E-state index in [4.69, 9.17) is 4.98 Å². The molecule has 0 bridgehead atoms. The van der Waals surface area contributed by atoms with Crippen LogP contribution in [0.5, 0.6) is 0 Å². The second-order valence-corrected chi connectivity index (χ2v) is 7.38. The number of aryl methyl sites for hydroxylation is 2. The molecule has 1 aromatic heterocycles. The van der Waals surface area contributed by atoms with Gasteiger partial charge in [-0.05, 0) is 31.6 Å². The van der Waals surface area contributed by atoms with Crippen LogP contribution in [0.3, 0.4) is 0 Å². The van der Waals surface area contributed by atoms with Crippen molar-refractivity contribution in [2.75, 3.05) is 0 Å². The summed E-state index contributed by atoms with van der Waals surface area (Å²) in [6.45, 7) is 11.3. The van der Waals surface area contributed by atoms with E-state index < -0.39 is 0 Å². The lowest BCUT2D eigenvalue weighted by molar-refractivity contribution is 0.269. The number of hydrogen-bond donors (Lipinski definition) is 1. The van der Waals surface area contributed by atoms with Crippen molar-refractivity contribution in [3.8, 4) is 0 Å². The van der Waals surface area contributed by atoms with Gasteiger partial charge in [-0.2, -0.15) is 0 Å². The van der Waals surface area contributed by atoms with E-state index in [-0.39, 0.29) is 5.41 Å². The third-order valence-corrected chi connectivity index (χ3v) is 4.41. The molecule has 96 valence electrons. The number of nitrogens with zero attached hydrogens (tertiary/aromatic N) is 1. The normalized spacial score (nSPS) is 18.4. The Balaban J connectivity index is 2.23. The maximum absolute atomic E-state index is 4.83. The molecule has 0 aromatic carbocycles. The Morgan fingerprint density at radius 3 is 2.47 bits per heavy atom. The van der Waals surface area contributed by atoms with E-state index >= 15 is 0 Å². The van der Waals surface area contributed by atoms with Gasteiger partial charge in [-0.1, -0.05) is 27.7 Å². The molecular weight excluding hydrogens is 228 g/mol. The van der Waals surface area contributed by atoms with Crippen molar-refractivity contribution in [3.05, 3.63) is 15.6 Å². The zero-order valence-corrected chi connectivity index (χ0v) is 12.4. The molecule has 2 nitrogen and oxygen atoms in total. The summed E-state index contributed by atoms with van der Waals surface area (Å²) in [7, 11) is 0. The molecule has 3 heteroatoms. The number of nitrogens with one attached hydrogen (secondary N) is 1. The van der Waals surface area contributed by atoms with Crippen LogP contribution in [0.2, 0.25) is 0 Å². The summed E-state index contributed by atoms with van der Waals surface area (Å²) in [5.41, 5.74) is 1.51. The molecule has 0 saturated heterocycles. The molecular formula is C14H24N2S. The largest absolute Gasteiger partial charge is 0.305 e. The Labute approximate surface area is 109 Å². The van der Waals surface area contributed by atoms with Gasteiger partial charge in [-0.3, -0.25) is 0 Å². The highest BCUT2D eigenvalue weighted by atomic mass is 32.1. The van der Waals surface area contributed by atoms with Crippen molar-refractivity contribution >= 4 is 11.3 Å². The number of thiazole rings is 1. The van der Waals surface area contributed by atoms with Gasteiger partial charge in [0.25, 0.3) is 0 Å². The highest BCUT2D eigenvalue weighted by molar-refractivity contribution is 7.11. The highest BCUT2D eigenvalue weighted by Gasteiger charge is 2.34. The topological polar surface area (TPSA) is 24.9 Å². The Bertz CT molecular complexity index is 385. The smallest absolute Gasteiger partial charge is 0.111 e. The fourth-order valence-corrected chi connectivity index (χ4v) is 3.40. The summed E-state index contributed by atoms with van der Waals surface area (Å²) >= 11 is 1.87. The SMILES string of the molecule is CCc1nc(C(NC2CC2)C(C)(C)C)sc1C. The van der Waals surface area contributed by atoms with Gasteiger partial charge in [-0.15, -0.1) is 11.3 Å². The maximum Gasteiger partial charge on any atom is 0.111 e. The fourth-order valence-electron chi connectivity index (χ4n) is 2.08. The van der Waals surface area contributed by atoms with Crippen LogP contribution in [0.4, 0.5) is 0 Å². The van der Waals surface area contributed by atoms with Gasteiger partial charge < -0.3 is 5.32 Å². The molecule has 1 heterocycles. The fraction of sp³-hybridized carbons (Fsp3) is 0.786. The molecule has 1 aliphatic carbocycles. The second kappa shape index (κ2) is 4.69. The third-order valence-electron chi connectivity index (χ3n) is 3.34. The van der Waals surface area contributed by atoms with E-state index in [9.17, 15) is 0 Å². The molecule has 1 fully saturated rings. The molecule has 0 spiro atoms. The number of hydrogen-bond acceptors (Lipinski definition) is 3. The van der Waals surface area contributed by atoms with Crippen molar-refractivity contribution < 1.29 is 0 Å². The van der Waals surface area contributed by atoms with E-state index in [0.717, 1.165) is 12.5 Å². The zero-order chi connectivity index (χ0) is 12.6. The average molecular weight is 252 g/mol. The summed E-state index contributed by atoms with van der Waals surface area (Å²) in [5.74, 6) is 0. The number of rotatable bonds is 4. The molecule has 0 amide bonds. The van der Waals surface area contributed by atoms with Gasteiger partial charge in [0.05, 0.1) is 11.7 Å². The summed E-state index contributed by atoms with van der Waals surface area (Å²) in [6.07, 6.45) is 3.71. The summed E-state index contributed by atoms with van der Waals surface area (Å²) < 4.78 is 0. The molecule has 1 atom stereocenters. The third kappa shape index (κ3) is 3.08. The van der Waals surface area contributed by atoms with E-state index in [1.807, 2.05) is 11.3 Å². The van der Waals surface area contributed by atoms with Gasteiger partial charge in [0.1, 0.15) is 5.01 Å². The van der Waals surface area contributed by atoms with Crippen molar-refractivity contribution in [1.82, 2.24) is 10.3 Å². The van der Waals surface area contributed by atoms with E-state index in [1.54, 1.807) is 0 Å². The first-order chi connectivity index (χ1) is 7.91. The Morgan fingerprint density at radius 2 is 2.06 bits per heavy atom. The predicted octanol–water partition coefficient (Wildman–Crippen LogP) is 3.85. The minimum Gasteiger partial charge on any atom is -0.305 e. The van der Waals surface area contributed by atoms with Crippen molar-refractivity contribution in [1.29, 1.82) is 0 Å². The van der Waals surface area contributed by atoms with E-state index in [2.05, 4.69) is 39.9 Å². The predicted molar refractivity (Wildman–Crippen MR) is 74.6 cm³/mol. The first-order valence-corrected chi connectivity index (χ1v) is 7.45. The second-order valence-electron chi connectivity index (χ2n) is 6.15. The van der Waals surface area contributed by atoms with Crippen LogP contribution in [0, 0.1) is 12.3 Å². The molecule has 17 heavy (non-hydrogen) atoms. The molecule has 0 radical (unpaired) electrons. The van der Waals surface area contributed by atoms with Crippen molar-refractivity contribution in [2.24, 2.45) is 5.41 Å². The van der Waals surface area contributed by atoms with Crippen molar-refractivity contribution in [3.63, 3.8) is 0 Å². The van der Waals surface area contributed by atoms with Gasteiger partial charge in [0.15, 0.2) is 0 Å². The quantitative estimate of drug-likeness (QED) is 0.880. The molecule has 2 rings (SSSR count). The van der Waals surface area contributed by atoms with Gasteiger partial charge in [-0.25, -0.2) is 4.98 Å². The van der Waals surface area contributed by atoms with Crippen LogP contribution in [-0.2, 0) is 6.42 Å². The van der Waals surface area contributed by atoms with Crippen LogP contribution >= 0.6 is 11.3 Å². The van der Waals surface area contributed by atoms with Crippen LogP contribution < -0.4 is 5.32 Å². The standard InChI is InChI=1S/C14H24N2S/c1-6-11-9(2)17-13(16-11)12(14(3,4)5)15-10-7-8-10/h10,12,15H,6-8H2,1-5H3. The minimum absolute atomic E-state index is 0.234. The lowest BCUT2D eigenvalue weighted by Crippen LogP contribution is -2.33. The maximum atomic E-state index is 4.83. The van der Waals surface area contributed by atoms with Crippen molar-refractivity contribution in [2.45, 2.75) is 66.0 Å². The van der Waals surface area contributed by atoms with Crippen LogP contribution in [0.1, 0.15) is 62.2 Å². The number of aromatic nitrogens is 1. The van der Waals surface area contributed by atoms with Crippen LogP contribution in [0.15, 0.2) is 0 Å². The van der Waals surface area contributed by atoms with Crippen LogP contribution in [0.25, 0.3) is 0 Å². The Morgan fingerprint density at radius 1 is 1.41 bits per heavy atom. The van der Waals surface area contributed by atoms with Gasteiger partial charge in [0, 0.05) is 10.9 Å². The zero-order valence-electron chi connectivity index (χ0n) is 11.6. The average Bonchev–Trinajstić information content (AvgIpc) is 2.97. The molecule has 0 aliphatic heterocycles. The molecule has 1 aliphatic rings. The Hall–Kier alpha value is -0.410. The summed E-state index contributed by atoms with van der Waals surface area (Å²) in [5, 5.41) is 5.04. The lowest BCUT2D eigenvalue weighted by Gasteiger charge is -2.30. The monoisotopic (exact) mass is 252 g/mol. The molecule has 1 saturated carbocycles.